The van der Waals surface area contributed by atoms with Gasteiger partial charge in [0.05, 0.1) is 16.4 Å². The SMILES string of the molecule is CCCC(CCC)(C(=O)NC(C)c1ncn[nH]1)C(N)=S. The molecule has 0 aliphatic heterocycles. The first kappa shape index (κ1) is 16.6. The Morgan fingerprint density at radius 1 is 1.50 bits per heavy atom. The van der Waals surface area contributed by atoms with Gasteiger partial charge in [-0.2, -0.15) is 5.10 Å². The first-order valence-corrected chi connectivity index (χ1v) is 7.34. The van der Waals surface area contributed by atoms with Crippen molar-refractivity contribution in [1.82, 2.24) is 20.5 Å². The molecule has 0 saturated carbocycles. The highest BCUT2D eigenvalue weighted by atomic mass is 32.1. The van der Waals surface area contributed by atoms with E-state index in [1.165, 1.54) is 6.33 Å². The second-order valence-electron chi connectivity index (χ2n) is 5.01. The zero-order valence-corrected chi connectivity index (χ0v) is 13.1. The van der Waals surface area contributed by atoms with E-state index in [0.717, 1.165) is 12.8 Å². The molecule has 0 bridgehead atoms. The molecule has 20 heavy (non-hydrogen) atoms. The Hall–Kier alpha value is -1.50. The molecular formula is C13H23N5OS. The zero-order chi connectivity index (χ0) is 15.2. The van der Waals surface area contributed by atoms with Crippen molar-refractivity contribution in [1.29, 1.82) is 0 Å². The molecule has 112 valence electrons. The van der Waals surface area contributed by atoms with Gasteiger partial charge in [0.1, 0.15) is 12.2 Å². The van der Waals surface area contributed by atoms with Crippen LogP contribution < -0.4 is 11.1 Å². The van der Waals surface area contributed by atoms with E-state index in [4.69, 9.17) is 18.0 Å². The number of carbonyl (C=O) groups is 1. The third-order valence-corrected chi connectivity index (χ3v) is 3.84. The number of amides is 1. The second kappa shape index (κ2) is 7.33. The van der Waals surface area contributed by atoms with E-state index in [0.29, 0.717) is 18.7 Å². The van der Waals surface area contributed by atoms with Crippen molar-refractivity contribution < 1.29 is 4.79 Å². The van der Waals surface area contributed by atoms with Crippen molar-refractivity contribution in [3.8, 4) is 0 Å². The number of aromatic nitrogens is 3. The van der Waals surface area contributed by atoms with E-state index in [2.05, 4.69) is 20.5 Å². The molecule has 1 unspecified atom stereocenters. The van der Waals surface area contributed by atoms with Gasteiger partial charge in [0, 0.05) is 0 Å². The van der Waals surface area contributed by atoms with Crippen molar-refractivity contribution in [2.24, 2.45) is 11.1 Å². The van der Waals surface area contributed by atoms with Crippen LogP contribution in [0.3, 0.4) is 0 Å². The summed E-state index contributed by atoms with van der Waals surface area (Å²) in [5.41, 5.74) is 5.10. The van der Waals surface area contributed by atoms with E-state index >= 15 is 0 Å². The normalized spacial score (nSPS) is 12.9. The number of nitrogens with two attached hydrogens (primary N) is 1. The molecule has 7 heteroatoms. The molecule has 0 aliphatic carbocycles. The summed E-state index contributed by atoms with van der Waals surface area (Å²) < 4.78 is 0. The summed E-state index contributed by atoms with van der Waals surface area (Å²) in [4.78, 5) is 17.0. The Kier molecular flexibility index (Phi) is 6.06. The molecule has 0 spiro atoms. The molecule has 0 saturated heterocycles. The minimum atomic E-state index is -0.771. The van der Waals surface area contributed by atoms with E-state index in [1.54, 1.807) is 0 Å². The molecule has 1 amide bonds. The van der Waals surface area contributed by atoms with Crippen LogP contribution in [0.15, 0.2) is 6.33 Å². The highest BCUT2D eigenvalue weighted by Gasteiger charge is 2.40. The number of nitrogens with one attached hydrogen (secondary N) is 2. The van der Waals surface area contributed by atoms with Gasteiger partial charge in [-0.3, -0.25) is 9.89 Å². The molecule has 1 heterocycles. The third kappa shape index (κ3) is 3.53. The van der Waals surface area contributed by atoms with Gasteiger partial charge in [0.15, 0.2) is 0 Å². The van der Waals surface area contributed by atoms with Gasteiger partial charge >= 0.3 is 0 Å². The molecule has 0 fully saturated rings. The summed E-state index contributed by atoms with van der Waals surface area (Å²) in [6.45, 7) is 5.90. The molecule has 0 aliphatic rings. The topological polar surface area (TPSA) is 96.7 Å². The maximum Gasteiger partial charge on any atom is 0.233 e. The van der Waals surface area contributed by atoms with Gasteiger partial charge in [0.2, 0.25) is 5.91 Å². The second-order valence-corrected chi connectivity index (χ2v) is 5.45. The largest absolute Gasteiger partial charge is 0.392 e. The van der Waals surface area contributed by atoms with Gasteiger partial charge < -0.3 is 11.1 Å². The van der Waals surface area contributed by atoms with E-state index in [1.807, 2.05) is 20.8 Å². The number of aromatic amines is 1. The lowest BCUT2D eigenvalue weighted by molar-refractivity contribution is -0.129. The Balaban J connectivity index is 2.90. The van der Waals surface area contributed by atoms with Gasteiger partial charge in [-0.1, -0.05) is 38.9 Å². The highest BCUT2D eigenvalue weighted by Crippen LogP contribution is 2.31. The molecule has 1 rings (SSSR count). The van der Waals surface area contributed by atoms with E-state index in [9.17, 15) is 4.79 Å². The number of hydrogen-bond donors (Lipinski definition) is 3. The van der Waals surface area contributed by atoms with Crippen LogP contribution in [-0.2, 0) is 4.79 Å². The van der Waals surface area contributed by atoms with Crippen LogP contribution in [0.2, 0.25) is 0 Å². The number of carbonyl (C=O) groups excluding carboxylic acids is 1. The zero-order valence-electron chi connectivity index (χ0n) is 12.3. The fraction of sp³-hybridized carbons (Fsp3) is 0.692. The molecule has 0 radical (unpaired) electrons. The number of H-pyrrole nitrogens is 1. The fourth-order valence-corrected chi connectivity index (χ4v) is 2.69. The van der Waals surface area contributed by atoms with Crippen LogP contribution in [0.25, 0.3) is 0 Å². The molecular weight excluding hydrogens is 274 g/mol. The monoisotopic (exact) mass is 297 g/mol. The Labute approximate surface area is 124 Å². The number of thiocarbonyl (C=S) groups is 1. The Morgan fingerprint density at radius 3 is 2.50 bits per heavy atom. The van der Waals surface area contributed by atoms with Crippen LogP contribution in [0.1, 0.15) is 58.3 Å². The van der Waals surface area contributed by atoms with Gasteiger partial charge in [-0.15, -0.1) is 0 Å². The van der Waals surface area contributed by atoms with Crippen molar-refractivity contribution in [3.05, 3.63) is 12.2 Å². The van der Waals surface area contributed by atoms with Gasteiger partial charge in [-0.25, -0.2) is 4.98 Å². The summed E-state index contributed by atoms with van der Waals surface area (Å²) in [5.74, 6) is 0.487. The van der Waals surface area contributed by atoms with Crippen LogP contribution in [0.4, 0.5) is 0 Å². The minimum Gasteiger partial charge on any atom is -0.392 e. The molecule has 4 N–H and O–H groups in total. The van der Waals surface area contributed by atoms with Crippen molar-refractivity contribution in [2.75, 3.05) is 0 Å². The van der Waals surface area contributed by atoms with Crippen LogP contribution in [-0.4, -0.2) is 26.1 Å². The van der Waals surface area contributed by atoms with Crippen molar-refractivity contribution in [3.63, 3.8) is 0 Å². The van der Waals surface area contributed by atoms with Crippen LogP contribution in [0, 0.1) is 5.41 Å². The van der Waals surface area contributed by atoms with E-state index < -0.39 is 5.41 Å². The highest BCUT2D eigenvalue weighted by molar-refractivity contribution is 7.80. The quantitative estimate of drug-likeness (QED) is 0.636. The lowest BCUT2D eigenvalue weighted by Gasteiger charge is -2.32. The van der Waals surface area contributed by atoms with E-state index in [-0.39, 0.29) is 16.9 Å². The average molecular weight is 297 g/mol. The summed E-state index contributed by atoms with van der Waals surface area (Å²) in [6.07, 6.45) is 4.43. The van der Waals surface area contributed by atoms with Crippen LogP contribution >= 0.6 is 12.2 Å². The Morgan fingerprint density at radius 2 is 2.10 bits per heavy atom. The average Bonchev–Trinajstić information content (AvgIpc) is 2.91. The predicted molar refractivity (Wildman–Crippen MR) is 82.0 cm³/mol. The maximum atomic E-state index is 12.7. The van der Waals surface area contributed by atoms with Gasteiger partial charge in [-0.05, 0) is 19.8 Å². The summed E-state index contributed by atoms with van der Waals surface area (Å²) in [5, 5.41) is 9.46. The van der Waals surface area contributed by atoms with Crippen LogP contribution in [0.5, 0.6) is 0 Å². The molecule has 1 atom stereocenters. The van der Waals surface area contributed by atoms with Crippen molar-refractivity contribution >= 4 is 23.1 Å². The number of rotatable bonds is 8. The van der Waals surface area contributed by atoms with Crippen molar-refractivity contribution in [2.45, 2.75) is 52.5 Å². The first-order chi connectivity index (χ1) is 9.47. The third-order valence-electron chi connectivity index (χ3n) is 3.45. The molecule has 1 aromatic rings. The summed E-state index contributed by atoms with van der Waals surface area (Å²) >= 11 is 5.17. The summed E-state index contributed by atoms with van der Waals surface area (Å²) in [7, 11) is 0. The lowest BCUT2D eigenvalue weighted by atomic mass is 9.78. The Bertz CT molecular complexity index is 440. The standard InChI is InChI=1S/C13H23N5OS/c1-4-6-13(7-5-2,11(14)20)12(19)17-9(3)10-15-8-16-18-10/h8-9H,4-7H2,1-3H3,(H2,14,20)(H,17,19)(H,15,16,18). The summed E-state index contributed by atoms with van der Waals surface area (Å²) in [6, 6.07) is -0.257. The smallest absolute Gasteiger partial charge is 0.233 e. The lowest BCUT2D eigenvalue weighted by Crippen LogP contribution is -2.49. The first-order valence-electron chi connectivity index (χ1n) is 6.94. The van der Waals surface area contributed by atoms with Gasteiger partial charge in [0.25, 0.3) is 0 Å². The number of nitrogens with zero attached hydrogens (tertiary/aromatic N) is 2. The predicted octanol–water partition coefficient (Wildman–Crippen LogP) is 1.85. The maximum absolute atomic E-state index is 12.7. The number of hydrogen-bond acceptors (Lipinski definition) is 4. The molecule has 1 aromatic heterocycles. The molecule has 0 aromatic carbocycles. The minimum absolute atomic E-state index is 0.127. The fourth-order valence-electron chi connectivity index (χ4n) is 2.39. The molecule has 6 nitrogen and oxygen atoms in total.